The fourth-order valence-electron chi connectivity index (χ4n) is 2.81. The summed E-state index contributed by atoms with van der Waals surface area (Å²) in [5.74, 6) is -2.90. The zero-order valence-electron chi connectivity index (χ0n) is 13.3. The topological polar surface area (TPSA) is 126 Å². The number of hydrogen-bond donors (Lipinski definition) is 3. The zero-order valence-corrected chi connectivity index (χ0v) is 13.3. The fourth-order valence-corrected chi connectivity index (χ4v) is 2.81. The Morgan fingerprint density at radius 2 is 2.00 bits per heavy atom. The number of methoxy groups -OCH3 is 1. The van der Waals surface area contributed by atoms with Crippen molar-refractivity contribution < 1.29 is 34.0 Å². The number of carboxylic acids is 1. The first-order valence-corrected chi connectivity index (χ1v) is 7.22. The van der Waals surface area contributed by atoms with Crippen LogP contribution in [-0.2, 0) is 6.61 Å². The van der Waals surface area contributed by atoms with Crippen molar-refractivity contribution in [2.45, 2.75) is 13.5 Å². The predicted octanol–water partition coefficient (Wildman–Crippen LogP) is 2.35. The first kappa shape index (κ1) is 16.4. The summed E-state index contributed by atoms with van der Waals surface area (Å²) < 4.78 is 15.5. The second-order valence-corrected chi connectivity index (χ2v) is 5.23. The molecule has 25 heavy (non-hydrogen) atoms. The number of aromatic hydroxyl groups is 2. The molecule has 1 aliphatic rings. The number of phenolic OH excluding ortho intramolecular Hbond substituents is 2. The summed E-state index contributed by atoms with van der Waals surface area (Å²) in [6.45, 7) is 1.51. The summed E-state index contributed by atoms with van der Waals surface area (Å²) >= 11 is 0. The Hall–Kier alpha value is -3.42. The summed E-state index contributed by atoms with van der Waals surface area (Å²) in [6, 6.07) is 1.45. The van der Waals surface area contributed by atoms with Crippen LogP contribution in [-0.4, -0.2) is 28.4 Å². The van der Waals surface area contributed by atoms with Gasteiger partial charge in [-0.1, -0.05) is 6.08 Å². The molecule has 2 aromatic rings. The largest absolute Gasteiger partial charge is 0.504 e. The van der Waals surface area contributed by atoms with Gasteiger partial charge in [0.2, 0.25) is 5.75 Å². The van der Waals surface area contributed by atoms with E-state index in [0.29, 0.717) is 0 Å². The lowest BCUT2D eigenvalue weighted by Gasteiger charge is -2.24. The second kappa shape index (κ2) is 5.90. The predicted molar refractivity (Wildman–Crippen MR) is 86.3 cm³/mol. The molecule has 2 heterocycles. The van der Waals surface area contributed by atoms with E-state index in [1.54, 1.807) is 19.1 Å². The van der Waals surface area contributed by atoms with Gasteiger partial charge in [0.05, 0.1) is 7.11 Å². The maximum Gasteiger partial charge on any atom is 0.348 e. The molecule has 8 heteroatoms. The monoisotopic (exact) mass is 346 g/mol. The van der Waals surface area contributed by atoms with Gasteiger partial charge in [0, 0.05) is 17.2 Å². The molecule has 0 spiro atoms. The number of fused-ring (bicyclic) bond motifs is 3. The number of ether oxygens (including phenoxy) is 2. The van der Waals surface area contributed by atoms with Gasteiger partial charge < -0.3 is 29.2 Å². The second-order valence-electron chi connectivity index (χ2n) is 5.23. The molecule has 8 nitrogen and oxygen atoms in total. The average Bonchev–Trinajstić information content (AvgIpc) is 2.57. The van der Waals surface area contributed by atoms with Crippen molar-refractivity contribution in [1.29, 1.82) is 0 Å². The molecule has 0 fully saturated rings. The zero-order chi connectivity index (χ0) is 18.3. The number of phenols is 2. The van der Waals surface area contributed by atoms with Crippen molar-refractivity contribution in [3.8, 4) is 34.1 Å². The normalized spacial score (nSPS) is 12.4. The first-order valence-electron chi connectivity index (χ1n) is 7.22. The van der Waals surface area contributed by atoms with Crippen LogP contribution in [0.1, 0.15) is 28.6 Å². The van der Waals surface area contributed by atoms with E-state index < -0.39 is 34.4 Å². The number of rotatable bonds is 3. The molecule has 0 atom stereocenters. The Kier molecular flexibility index (Phi) is 3.88. The summed E-state index contributed by atoms with van der Waals surface area (Å²) in [5.41, 5.74) is -1.51. The van der Waals surface area contributed by atoms with Gasteiger partial charge in [-0.3, -0.25) is 0 Å². The minimum Gasteiger partial charge on any atom is -0.504 e. The molecule has 0 radical (unpaired) electrons. The van der Waals surface area contributed by atoms with E-state index >= 15 is 0 Å². The van der Waals surface area contributed by atoms with Crippen LogP contribution < -0.4 is 15.1 Å². The van der Waals surface area contributed by atoms with E-state index in [9.17, 15) is 24.9 Å². The molecule has 0 saturated heterocycles. The van der Waals surface area contributed by atoms with Crippen LogP contribution in [0, 0.1) is 0 Å². The molecular formula is C17H14O8. The number of aromatic carboxylic acids is 1. The first-order chi connectivity index (χ1) is 11.9. The van der Waals surface area contributed by atoms with Crippen LogP contribution in [0.2, 0.25) is 0 Å². The molecule has 0 bridgehead atoms. The number of allylic oxidation sites excluding steroid dienone is 1. The summed E-state index contributed by atoms with van der Waals surface area (Å²) in [5, 5.41) is 29.9. The van der Waals surface area contributed by atoms with Gasteiger partial charge >= 0.3 is 11.6 Å². The van der Waals surface area contributed by atoms with Gasteiger partial charge in [-0.15, -0.1) is 0 Å². The highest BCUT2D eigenvalue weighted by Gasteiger charge is 2.35. The van der Waals surface area contributed by atoms with E-state index in [0.717, 1.165) is 7.11 Å². The highest BCUT2D eigenvalue weighted by atomic mass is 16.5. The number of hydrogen-bond acceptors (Lipinski definition) is 7. The van der Waals surface area contributed by atoms with Crippen molar-refractivity contribution in [1.82, 2.24) is 0 Å². The van der Waals surface area contributed by atoms with Gasteiger partial charge in [0.1, 0.15) is 29.2 Å². The molecule has 3 rings (SSSR count). The van der Waals surface area contributed by atoms with Crippen LogP contribution in [0.25, 0.3) is 17.2 Å². The van der Waals surface area contributed by atoms with Crippen LogP contribution in [0.5, 0.6) is 23.0 Å². The quantitative estimate of drug-likeness (QED) is 0.723. The third-order valence-corrected chi connectivity index (χ3v) is 3.81. The fraction of sp³-hybridized carbons (Fsp3) is 0.176. The minimum absolute atomic E-state index is 0.0123. The van der Waals surface area contributed by atoms with Crippen molar-refractivity contribution in [3.63, 3.8) is 0 Å². The smallest absolute Gasteiger partial charge is 0.348 e. The molecule has 0 unspecified atom stereocenters. The lowest BCUT2D eigenvalue weighted by Crippen LogP contribution is -2.18. The van der Waals surface area contributed by atoms with Gasteiger partial charge in [0.25, 0.3) is 0 Å². The van der Waals surface area contributed by atoms with Crippen molar-refractivity contribution in [3.05, 3.63) is 39.4 Å². The van der Waals surface area contributed by atoms with Crippen molar-refractivity contribution in [2.24, 2.45) is 0 Å². The highest BCUT2D eigenvalue weighted by molar-refractivity contribution is 5.99. The van der Waals surface area contributed by atoms with Crippen molar-refractivity contribution in [2.75, 3.05) is 7.11 Å². The third-order valence-electron chi connectivity index (χ3n) is 3.81. The van der Waals surface area contributed by atoms with Gasteiger partial charge in [-0.25, -0.2) is 9.59 Å². The number of carboxylic acid groups (broad SMARTS) is 1. The van der Waals surface area contributed by atoms with Crippen molar-refractivity contribution >= 4 is 12.0 Å². The maximum absolute atomic E-state index is 12.4. The Morgan fingerprint density at radius 1 is 1.28 bits per heavy atom. The van der Waals surface area contributed by atoms with Gasteiger partial charge in [-0.05, 0) is 13.0 Å². The van der Waals surface area contributed by atoms with E-state index in [1.807, 2.05) is 0 Å². The SMILES string of the molecule is C/C=C/c1cc2c(c(=O)o1)-c1c(O)c(O)c(OC)c(C(=O)O)c1CO2. The molecule has 3 N–H and O–H groups in total. The Labute approximate surface area is 141 Å². The van der Waals surface area contributed by atoms with Crippen LogP contribution >= 0.6 is 0 Å². The van der Waals surface area contributed by atoms with E-state index in [2.05, 4.69) is 0 Å². The lowest BCUT2D eigenvalue weighted by atomic mass is 9.91. The molecule has 1 aliphatic heterocycles. The van der Waals surface area contributed by atoms with Crippen LogP contribution in [0.4, 0.5) is 0 Å². The van der Waals surface area contributed by atoms with Crippen LogP contribution in [0.3, 0.4) is 0 Å². The molecule has 1 aromatic carbocycles. The van der Waals surface area contributed by atoms with E-state index in [1.165, 1.54) is 6.07 Å². The molecule has 0 amide bonds. The molecule has 1 aromatic heterocycles. The summed E-state index contributed by atoms with van der Waals surface area (Å²) in [6.07, 6.45) is 3.22. The Balaban J connectivity index is 2.42. The number of carbonyl (C=O) groups is 1. The summed E-state index contributed by atoms with van der Waals surface area (Å²) in [7, 11) is 1.16. The molecular weight excluding hydrogens is 332 g/mol. The molecule has 0 saturated carbocycles. The highest BCUT2D eigenvalue weighted by Crippen LogP contribution is 2.51. The van der Waals surface area contributed by atoms with E-state index in [-0.39, 0.29) is 34.8 Å². The van der Waals surface area contributed by atoms with Gasteiger partial charge in [-0.2, -0.15) is 0 Å². The van der Waals surface area contributed by atoms with E-state index in [4.69, 9.17) is 13.9 Å². The van der Waals surface area contributed by atoms with Crippen LogP contribution in [0.15, 0.2) is 21.4 Å². The number of benzene rings is 1. The average molecular weight is 346 g/mol. The minimum atomic E-state index is -1.40. The molecule has 130 valence electrons. The van der Waals surface area contributed by atoms with Gasteiger partial charge in [0.15, 0.2) is 11.5 Å². The standard InChI is InChI=1S/C17H14O8/c1-3-4-7-5-9-12(17(22)25-7)10-8(6-24-9)11(16(20)21)15(23-2)14(19)13(10)18/h3-5,18-19H,6H2,1-2H3,(H,20,21)/b4-3+. The lowest BCUT2D eigenvalue weighted by molar-refractivity contribution is 0.0689. The Bertz CT molecular complexity index is 968. The molecule has 0 aliphatic carbocycles. The third kappa shape index (κ3) is 2.38. The Morgan fingerprint density at radius 3 is 2.60 bits per heavy atom. The summed E-state index contributed by atoms with van der Waals surface area (Å²) in [4.78, 5) is 24.0. The maximum atomic E-state index is 12.4.